The predicted molar refractivity (Wildman–Crippen MR) is 110 cm³/mol. The first-order chi connectivity index (χ1) is 14.1. The van der Waals surface area contributed by atoms with Gasteiger partial charge in [-0.25, -0.2) is 0 Å². The fraction of sp³-hybridized carbons (Fsp3) is 0.409. The fourth-order valence-electron chi connectivity index (χ4n) is 3.94. The Hall–Kier alpha value is -2.93. The van der Waals surface area contributed by atoms with Gasteiger partial charge < -0.3 is 15.2 Å². The van der Waals surface area contributed by atoms with E-state index in [1.807, 2.05) is 42.9 Å². The molecule has 7 heteroatoms. The summed E-state index contributed by atoms with van der Waals surface area (Å²) in [5, 5.41) is 15.0. The quantitative estimate of drug-likeness (QED) is 0.644. The SMILES string of the molecule is Cc1cc(CNC2CCc3c(c(C(=O)NCCc4ccccc4)nn3C)C2)on1. The van der Waals surface area contributed by atoms with Crippen molar-refractivity contribution >= 4 is 5.91 Å². The molecule has 1 unspecified atom stereocenters. The summed E-state index contributed by atoms with van der Waals surface area (Å²) >= 11 is 0. The number of carbonyl (C=O) groups is 1. The zero-order valence-electron chi connectivity index (χ0n) is 16.9. The van der Waals surface area contributed by atoms with Crippen LogP contribution in [0.25, 0.3) is 0 Å². The monoisotopic (exact) mass is 393 g/mol. The molecule has 152 valence electrons. The van der Waals surface area contributed by atoms with Crippen LogP contribution >= 0.6 is 0 Å². The molecule has 1 aliphatic rings. The topological polar surface area (TPSA) is 85.0 Å². The smallest absolute Gasteiger partial charge is 0.272 e. The molecule has 2 N–H and O–H groups in total. The van der Waals surface area contributed by atoms with Gasteiger partial charge in [0.05, 0.1) is 12.2 Å². The van der Waals surface area contributed by atoms with Gasteiger partial charge in [0.1, 0.15) is 0 Å². The third kappa shape index (κ3) is 4.56. The molecule has 0 bridgehead atoms. The van der Waals surface area contributed by atoms with Crippen LogP contribution in [0.5, 0.6) is 0 Å². The standard InChI is InChI=1S/C22H27N5O2/c1-15-12-18(29-26-15)14-24-17-8-9-20-19(13-17)21(25-27(20)2)22(28)23-11-10-16-6-4-3-5-7-16/h3-7,12,17,24H,8-11,13-14H2,1-2H3,(H,23,28). The minimum Gasteiger partial charge on any atom is -0.360 e. The van der Waals surface area contributed by atoms with Gasteiger partial charge in [-0.1, -0.05) is 35.5 Å². The Morgan fingerprint density at radius 3 is 2.90 bits per heavy atom. The predicted octanol–water partition coefficient (Wildman–Crippen LogP) is 2.34. The molecule has 2 aromatic heterocycles. The Bertz CT molecular complexity index is 977. The minimum atomic E-state index is -0.0932. The van der Waals surface area contributed by atoms with Gasteiger partial charge in [0, 0.05) is 37.0 Å². The lowest BCUT2D eigenvalue weighted by Gasteiger charge is -2.23. The lowest BCUT2D eigenvalue weighted by molar-refractivity contribution is 0.0947. The maximum absolute atomic E-state index is 12.8. The summed E-state index contributed by atoms with van der Waals surface area (Å²) in [4.78, 5) is 12.8. The van der Waals surface area contributed by atoms with E-state index in [9.17, 15) is 4.79 Å². The second-order valence-electron chi connectivity index (χ2n) is 7.64. The Kier molecular flexibility index (Phi) is 5.76. The van der Waals surface area contributed by atoms with Gasteiger partial charge in [-0.3, -0.25) is 9.48 Å². The first-order valence-corrected chi connectivity index (χ1v) is 10.1. The average molecular weight is 393 g/mol. The summed E-state index contributed by atoms with van der Waals surface area (Å²) in [5.41, 5.74) is 4.86. The lowest BCUT2D eigenvalue weighted by atomic mass is 9.91. The van der Waals surface area contributed by atoms with Crippen LogP contribution in [0, 0.1) is 6.92 Å². The highest BCUT2D eigenvalue weighted by Crippen LogP contribution is 2.24. The van der Waals surface area contributed by atoms with Crippen LogP contribution in [-0.2, 0) is 32.9 Å². The molecule has 3 aromatic rings. The number of amides is 1. The molecule has 0 spiro atoms. The van der Waals surface area contributed by atoms with Crippen LogP contribution in [0.3, 0.4) is 0 Å². The van der Waals surface area contributed by atoms with Crippen molar-refractivity contribution in [3.05, 3.63) is 70.4 Å². The maximum atomic E-state index is 12.8. The molecule has 4 rings (SSSR count). The van der Waals surface area contributed by atoms with Gasteiger partial charge in [0.15, 0.2) is 11.5 Å². The molecule has 0 saturated heterocycles. The molecule has 7 nitrogen and oxygen atoms in total. The molecule has 0 saturated carbocycles. The summed E-state index contributed by atoms with van der Waals surface area (Å²) in [6, 6.07) is 12.4. The molecule has 1 aromatic carbocycles. The number of aryl methyl sites for hydroxylation is 2. The first kappa shape index (κ1) is 19.4. The van der Waals surface area contributed by atoms with Crippen LogP contribution in [0.2, 0.25) is 0 Å². The zero-order valence-corrected chi connectivity index (χ0v) is 16.9. The number of carbonyl (C=O) groups excluding carboxylic acids is 1. The first-order valence-electron chi connectivity index (χ1n) is 10.1. The average Bonchev–Trinajstić information content (AvgIpc) is 3.30. The Balaban J connectivity index is 1.37. The van der Waals surface area contributed by atoms with Crippen molar-refractivity contribution in [1.29, 1.82) is 0 Å². The molecule has 0 radical (unpaired) electrons. The van der Waals surface area contributed by atoms with Crippen molar-refractivity contribution in [2.45, 2.75) is 45.2 Å². The minimum absolute atomic E-state index is 0.0932. The Labute approximate surface area is 170 Å². The molecular weight excluding hydrogens is 366 g/mol. The van der Waals surface area contributed by atoms with Crippen LogP contribution in [-0.4, -0.2) is 33.4 Å². The van der Waals surface area contributed by atoms with Gasteiger partial charge in [-0.2, -0.15) is 5.10 Å². The number of aromatic nitrogens is 3. The van der Waals surface area contributed by atoms with E-state index in [2.05, 4.69) is 33.0 Å². The maximum Gasteiger partial charge on any atom is 0.272 e. The summed E-state index contributed by atoms with van der Waals surface area (Å²) < 4.78 is 7.14. The number of nitrogens with zero attached hydrogens (tertiary/aromatic N) is 3. The van der Waals surface area contributed by atoms with Gasteiger partial charge >= 0.3 is 0 Å². The molecule has 1 aliphatic carbocycles. The highest BCUT2D eigenvalue weighted by atomic mass is 16.5. The van der Waals surface area contributed by atoms with E-state index in [1.54, 1.807) is 0 Å². The van der Waals surface area contributed by atoms with Crippen molar-refractivity contribution in [2.75, 3.05) is 6.54 Å². The third-order valence-corrected chi connectivity index (χ3v) is 5.45. The molecular formula is C22H27N5O2. The van der Waals surface area contributed by atoms with E-state index in [0.29, 0.717) is 18.8 Å². The van der Waals surface area contributed by atoms with Gasteiger partial charge in [-0.15, -0.1) is 0 Å². The largest absolute Gasteiger partial charge is 0.360 e. The van der Waals surface area contributed by atoms with Crippen LogP contribution < -0.4 is 10.6 Å². The molecule has 0 aliphatic heterocycles. The molecule has 1 amide bonds. The summed E-state index contributed by atoms with van der Waals surface area (Å²) in [5.74, 6) is 0.739. The second-order valence-corrected chi connectivity index (χ2v) is 7.64. The summed E-state index contributed by atoms with van der Waals surface area (Å²) in [7, 11) is 1.92. The van der Waals surface area contributed by atoms with E-state index in [0.717, 1.165) is 48.4 Å². The number of hydrogen-bond acceptors (Lipinski definition) is 5. The van der Waals surface area contributed by atoms with E-state index < -0.39 is 0 Å². The van der Waals surface area contributed by atoms with Crippen molar-refractivity contribution in [3.63, 3.8) is 0 Å². The summed E-state index contributed by atoms with van der Waals surface area (Å²) in [6.45, 7) is 3.15. The van der Waals surface area contributed by atoms with Crippen LogP contribution in [0.15, 0.2) is 40.9 Å². The highest BCUT2D eigenvalue weighted by Gasteiger charge is 2.28. The van der Waals surface area contributed by atoms with Gasteiger partial charge in [0.2, 0.25) is 0 Å². The molecule has 29 heavy (non-hydrogen) atoms. The van der Waals surface area contributed by atoms with E-state index in [1.165, 1.54) is 5.56 Å². The molecule has 2 heterocycles. The highest BCUT2D eigenvalue weighted by molar-refractivity contribution is 5.94. The van der Waals surface area contributed by atoms with Gasteiger partial charge in [0.25, 0.3) is 5.91 Å². The third-order valence-electron chi connectivity index (χ3n) is 5.45. The number of benzene rings is 1. The second kappa shape index (κ2) is 8.61. The zero-order chi connectivity index (χ0) is 20.2. The lowest BCUT2D eigenvalue weighted by Crippen LogP contribution is -2.35. The normalized spacial score (nSPS) is 15.9. The van der Waals surface area contributed by atoms with Crippen LogP contribution in [0.1, 0.15) is 45.2 Å². The summed E-state index contributed by atoms with van der Waals surface area (Å²) in [6.07, 6.45) is 3.51. The van der Waals surface area contributed by atoms with Crippen molar-refractivity contribution in [2.24, 2.45) is 7.05 Å². The number of nitrogens with one attached hydrogen (secondary N) is 2. The molecule has 0 fully saturated rings. The number of rotatable bonds is 7. The van der Waals surface area contributed by atoms with Crippen molar-refractivity contribution < 1.29 is 9.32 Å². The Morgan fingerprint density at radius 2 is 2.14 bits per heavy atom. The molecule has 1 atom stereocenters. The Morgan fingerprint density at radius 1 is 1.31 bits per heavy atom. The van der Waals surface area contributed by atoms with E-state index >= 15 is 0 Å². The van der Waals surface area contributed by atoms with E-state index in [4.69, 9.17) is 4.52 Å². The van der Waals surface area contributed by atoms with Crippen LogP contribution in [0.4, 0.5) is 0 Å². The van der Waals surface area contributed by atoms with Gasteiger partial charge in [-0.05, 0) is 38.2 Å². The van der Waals surface area contributed by atoms with Crippen molar-refractivity contribution in [1.82, 2.24) is 25.6 Å². The number of hydrogen-bond donors (Lipinski definition) is 2. The number of fused-ring (bicyclic) bond motifs is 1. The van der Waals surface area contributed by atoms with E-state index in [-0.39, 0.29) is 11.9 Å². The van der Waals surface area contributed by atoms with Crippen molar-refractivity contribution in [3.8, 4) is 0 Å². The fourth-order valence-corrected chi connectivity index (χ4v) is 3.94.